The highest BCUT2D eigenvalue weighted by Crippen LogP contribution is 2.34. The predicted octanol–water partition coefficient (Wildman–Crippen LogP) is 2.37. The van der Waals surface area contributed by atoms with Gasteiger partial charge in [0.2, 0.25) is 0 Å². The molecular formula is C16H15ClN6O2. The fraction of sp³-hybridized carbons (Fsp3) is 0.125. The number of benzene rings is 1. The van der Waals surface area contributed by atoms with Crippen molar-refractivity contribution < 1.29 is 9.53 Å². The van der Waals surface area contributed by atoms with Crippen LogP contribution in [0, 0.1) is 0 Å². The van der Waals surface area contributed by atoms with Crippen molar-refractivity contribution in [2.45, 2.75) is 0 Å². The summed E-state index contributed by atoms with van der Waals surface area (Å²) in [5, 5.41) is 10.5. The quantitative estimate of drug-likeness (QED) is 0.741. The normalized spacial score (nSPS) is 10.5. The molecule has 0 saturated heterocycles. The number of aromatic nitrogens is 4. The molecule has 1 amide bonds. The minimum absolute atomic E-state index is 0.232. The Hall–Kier alpha value is -3.13. The van der Waals surface area contributed by atoms with Gasteiger partial charge >= 0.3 is 0 Å². The number of nitrogens with one attached hydrogen (secondary N) is 1. The second-order valence-electron chi connectivity index (χ2n) is 5.17. The number of hydrogen-bond acceptors (Lipinski definition) is 6. The molecule has 0 saturated carbocycles. The first kappa shape index (κ1) is 16.7. The standard InChI is InChI=1S/C16H15ClN6O2/c1-23-13(8-19-22-23)16(24)21-14-6-4-10(15(18)20-14)11-7-9(25-2)3-5-12(11)17/h3-8H,1-2H3,(H3,18,20,21,24). The van der Waals surface area contributed by atoms with Crippen molar-refractivity contribution in [3.8, 4) is 16.9 Å². The second-order valence-corrected chi connectivity index (χ2v) is 5.58. The number of anilines is 2. The van der Waals surface area contributed by atoms with E-state index in [1.807, 2.05) is 0 Å². The Morgan fingerprint density at radius 3 is 2.72 bits per heavy atom. The van der Waals surface area contributed by atoms with E-state index in [0.29, 0.717) is 33.4 Å². The second kappa shape index (κ2) is 6.78. The first-order valence-electron chi connectivity index (χ1n) is 7.26. The van der Waals surface area contributed by atoms with Crippen molar-refractivity contribution >= 4 is 29.1 Å². The summed E-state index contributed by atoms with van der Waals surface area (Å²) in [7, 11) is 3.19. The molecule has 3 rings (SSSR count). The lowest BCUT2D eigenvalue weighted by atomic mass is 10.1. The van der Waals surface area contributed by atoms with Crippen LogP contribution >= 0.6 is 11.6 Å². The van der Waals surface area contributed by atoms with E-state index >= 15 is 0 Å². The van der Waals surface area contributed by atoms with Crippen molar-refractivity contribution in [1.29, 1.82) is 0 Å². The lowest BCUT2D eigenvalue weighted by Gasteiger charge is -2.11. The molecule has 0 radical (unpaired) electrons. The third-order valence-corrected chi connectivity index (χ3v) is 3.91. The number of pyridine rings is 1. The Kier molecular flexibility index (Phi) is 4.53. The summed E-state index contributed by atoms with van der Waals surface area (Å²) >= 11 is 6.24. The third kappa shape index (κ3) is 3.38. The zero-order valence-electron chi connectivity index (χ0n) is 13.5. The Morgan fingerprint density at radius 1 is 1.28 bits per heavy atom. The Morgan fingerprint density at radius 2 is 2.08 bits per heavy atom. The SMILES string of the molecule is COc1ccc(Cl)c(-c2ccc(NC(=O)c3cnnn3C)nc2N)c1. The smallest absolute Gasteiger partial charge is 0.276 e. The lowest BCUT2D eigenvalue weighted by molar-refractivity contribution is 0.101. The summed E-state index contributed by atoms with van der Waals surface area (Å²) in [5.41, 5.74) is 7.69. The number of nitrogen functional groups attached to an aromatic ring is 1. The molecule has 8 nitrogen and oxygen atoms in total. The Labute approximate surface area is 148 Å². The van der Waals surface area contributed by atoms with E-state index in [1.54, 1.807) is 44.5 Å². The van der Waals surface area contributed by atoms with E-state index in [2.05, 4.69) is 20.6 Å². The number of ether oxygens (including phenoxy) is 1. The van der Waals surface area contributed by atoms with Crippen LogP contribution in [0.3, 0.4) is 0 Å². The monoisotopic (exact) mass is 358 g/mol. The van der Waals surface area contributed by atoms with Crippen LogP contribution in [-0.2, 0) is 7.05 Å². The average Bonchev–Trinajstić information content (AvgIpc) is 3.02. The molecular weight excluding hydrogens is 344 g/mol. The number of carbonyl (C=O) groups is 1. The van der Waals surface area contributed by atoms with Gasteiger partial charge in [0, 0.05) is 23.2 Å². The van der Waals surface area contributed by atoms with Gasteiger partial charge in [-0.3, -0.25) is 4.79 Å². The highest BCUT2D eigenvalue weighted by molar-refractivity contribution is 6.33. The van der Waals surface area contributed by atoms with Crippen LogP contribution in [0.15, 0.2) is 36.5 Å². The van der Waals surface area contributed by atoms with Gasteiger partial charge in [-0.1, -0.05) is 16.8 Å². The molecule has 3 aromatic rings. The van der Waals surface area contributed by atoms with Crippen LogP contribution in [0.4, 0.5) is 11.6 Å². The highest BCUT2D eigenvalue weighted by atomic mass is 35.5. The summed E-state index contributed by atoms with van der Waals surface area (Å²) < 4.78 is 6.57. The number of rotatable bonds is 4. The lowest BCUT2D eigenvalue weighted by Crippen LogP contribution is -2.17. The number of carbonyl (C=O) groups excluding carboxylic acids is 1. The number of methoxy groups -OCH3 is 1. The molecule has 0 aliphatic heterocycles. The minimum Gasteiger partial charge on any atom is -0.497 e. The molecule has 128 valence electrons. The Bertz CT molecular complexity index is 940. The van der Waals surface area contributed by atoms with Gasteiger partial charge in [-0.15, -0.1) is 5.10 Å². The maximum Gasteiger partial charge on any atom is 0.276 e. The molecule has 9 heteroatoms. The molecule has 0 spiro atoms. The topological polar surface area (TPSA) is 108 Å². The molecule has 0 aliphatic carbocycles. The van der Waals surface area contributed by atoms with Crippen LogP contribution in [-0.4, -0.2) is 33.0 Å². The molecule has 2 aromatic heterocycles. The van der Waals surface area contributed by atoms with Crippen molar-refractivity contribution in [3.63, 3.8) is 0 Å². The van der Waals surface area contributed by atoms with Crippen LogP contribution in [0.2, 0.25) is 5.02 Å². The van der Waals surface area contributed by atoms with Gasteiger partial charge in [-0.2, -0.15) is 0 Å². The zero-order chi connectivity index (χ0) is 18.0. The maximum absolute atomic E-state index is 12.2. The summed E-state index contributed by atoms with van der Waals surface area (Å²) in [6, 6.07) is 8.63. The summed E-state index contributed by atoms with van der Waals surface area (Å²) in [5.74, 6) is 0.814. The van der Waals surface area contributed by atoms with Crippen molar-refractivity contribution in [3.05, 3.63) is 47.2 Å². The van der Waals surface area contributed by atoms with Crippen LogP contribution in [0.1, 0.15) is 10.5 Å². The van der Waals surface area contributed by atoms with Gasteiger partial charge in [0.15, 0.2) is 0 Å². The van der Waals surface area contributed by atoms with E-state index in [-0.39, 0.29) is 11.7 Å². The average molecular weight is 359 g/mol. The number of nitrogens with two attached hydrogens (primary N) is 1. The van der Waals surface area contributed by atoms with E-state index in [4.69, 9.17) is 22.1 Å². The number of halogens is 1. The predicted molar refractivity (Wildman–Crippen MR) is 94.6 cm³/mol. The van der Waals surface area contributed by atoms with E-state index in [9.17, 15) is 4.79 Å². The van der Waals surface area contributed by atoms with E-state index in [1.165, 1.54) is 10.9 Å². The summed E-state index contributed by atoms with van der Waals surface area (Å²) in [6.45, 7) is 0. The van der Waals surface area contributed by atoms with E-state index < -0.39 is 0 Å². The first-order valence-corrected chi connectivity index (χ1v) is 7.64. The first-order chi connectivity index (χ1) is 12.0. The van der Waals surface area contributed by atoms with Crippen LogP contribution < -0.4 is 15.8 Å². The summed E-state index contributed by atoms with van der Waals surface area (Å²) in [6.07, 6.45) is 1.36. The number of amides is 1. The molecule has 0 aliphatic rings. The van der Waals surface area contributed by atoms with Crippen molar-refractivity contribution in [1.82, 2.24) is 20.0 Å². The minimum atomic E-state index is -0.383. The van der Waals surface area contributed by atoms with Crippen molar-refractivity contribution in [2.75, 3.05) is 18.2 Å². The van der Waals surface area contributed by atoms with Gasteiger partial charge in [0.1, 0.15) is 23.1 Å². The van der Waals surface area contributed by atoms with Gasteiger partial charge in [-0.25, -0.2) is 9.67 Å². The van der Waals surface area contributed by atoms with Gasteiger partial charge in [-0.05, 0) is 30.3 Å². The van der Waals surface area contributed by atoms with Gasteiger partial charge in [0.05, 0.1) is 13.3 Å². The number of aryl methyl sites for hydroxylation is 1. The third-order valence-electron chi connectivity index (χ3n) is 3.58. The molecule has 0 bridgehead atoms. The van der Waals surface area contributed by atoms with Crippen LogP contribution in [0.5, 0.6) is 5.75 Å². The molecule has 25 heavy (non-hydrogen) atoms. The maximum atomic E-state index is 12.2. The largest absolute Gasteiger partial charge is 0.497 e. The van der Waals surface area contributed by atoms with Crippen molar-refractivity contribution in [2.24, 2.45) is 7.05 Å². The fourth-order valence-corrected chi connectivity index (χ4v) is 2.51. The molecule has 2 heterocycles. The molecule has 0 fully saturated rings. The van der Waals surface area contributed by atoms with Gasteiger partial charge in [0.25, 0.3) is 5.91 Å². The highest BCUT2D eigenvalue weighted by Gasteiger charge is 2.14. The zero-order valence-corrected chi connectivity index (χ0v) is 14.3. The number of nitrogens with zero attached hydrogens (tertiary/aromatic N) is 4. The van der Waals surface area contributed by atoms with E-state index in [0.717, 1.165) is 0 Å². The molecule has 0 unspecified atom stereocenters. The van der Waals surface area contributed by atoms with Crippen LogP contribution in [0.25, 0.3) is 11.1 Å². The Balaban J connectivity index is 1.89. The van der Waals surface area contributed by atoms with Gasteiger partial charge < -0.3 is 15.8 Å². The molecule has 1 aromatic carbocycles. The summed E-state index contributed by atoms with van der Waals surface area (Å²) in [4.78, 5) is 16.4. The number of hydrogen-bond donors (Lipinski definition) is 2. The molecule has 3 N–H and O–H groups in total. The fourth-order valence-electron chi connectivity index (χ4n) is 2.29. The molecule has 0 atom stereocenters.